The summed E-state index contributed by atoms with van der Waals surface area (Å²) in [6, 6.07) is 4.49. The van der Waals surface area contributed by atoms with E-state index in [2.05, 4.69) is 15.3 Å². The lowest BCUT2D eigenvalue weighted by Crippen LogP contribution is -2.35. The van der Waals surface area contributed by atoms with Crippen molar-refractivity contribution in [3.63, 3.8) is 0 Å². The first kappa shape index (κ1) is 23.6. The molecule has 0 saturated carbocycles. The molecule has 0 spiro atoms. The maximum Gasteiger partial charge on any atom is 0.417 e. The quantitative estimate of drug-likeness (QED) is 0.601. The van der Waals surface area contributed by atoms with Crippen LogP contribution < -0.4 is 10.1 Å². The van der Waals surface area contributed by atoms with Crippen molar-refractivity contribution in [3.05, 3.63) is 71.2 Å². The Kier molecular flexibility index (Phi) is 7.74. The maximum atomic E-state index is 12.7. The molecule has 0 aliphatic carbocycles. The maximum absolute atomic E-state index is 12.7. The van der Waals surface area contributed by atoms with E-state index in [0.717, 1.165) is 11.6 Å². The van der Waals surface area contributed by atoms with E-state index < -0.39 is 11.7 Å². The Morgan fingerprint density at radius 3 is 2.84 bits per heavy atom. The van der Waals surface area contributed by atoms with Crippen LogP contribution in [0.25, 0.3) is 0 Å². The van der Waals surface area contributed by atoms with Gasteiger partial charge in [-0.2, -0.15) is 13.2 Å². The molecule has 1 N–H and O–H groups in total. The monoisotopic (exact) mass is 466 g/mol. The number of anilines is 1. The lowest BCUT2D eigenvalue weighted by molar-refractivity contribution is -0.137. The summed E-state index contributed by atoms with van der Waals surface area (Å²) in [6.45, 7) is 2.38. The second kappa shape index (κ2) is 10.5. The molecule has 1 aliphatic heterocycles. The van der Waals surface area contributed by atoms with E-state index in [1.165, 1.54) is 0 Å². The molecule has 2 aromatic heterocycles. The number of pyridine rings is 2. The number of nitrogens with zero attached hydrogens (tertiary/aromatic N) is 3. The summed E-state index contributed by atoms with van der Waals surface area (Å²) in [7, 11) is 0. The van der Waals surface area contributed by atoms with Crippen LogP contribution in [0, 0.1) is 0 Å². The highest BCUT2D eigenvalue weighted by molar-refractivity contribution is 6.31. The predicted molar refractivity (Wildman–Crippen MR) is 115 cm³/mol. The van der Waals surface area contributed by atoms with Gasteiger partial charge in [-0.25, -0.2) is 9.97 Å². The van der Waals surface area contributed by atoms with Gasteiger partial charge in [-0.05, 0) is 36.4 Å². The van der Waals surface area contributed by atoms with E-state index in [1.54, 1.807) is 13.1 Å². The van der Waals surface area contributed by atoms with Crippen LogP contribution in [0.2, 0.25) is 5.02 Å². The summed E-state index contributed by atoms with van der Waals surface area (Å²) < 4.78 is 43.8. The second-order valence-corrected chi connectivity index (χ2v) is 7.41. The van der Waals surface area contributed by atoms with E-state index in [4.69, 9.17) is 16.3 Å². The van der Waals surface area contributed by atoms with E-state index in [-0.39, 0.29) is 29.5 Å². The summed E-state index contributed by atoms with van der Waals surface area (Å²) in [4.78, 5) is 21.8. The Bertz CT molecular complexity index is 1010. The summed E-state index contributed by atoms with van der Waals surface area (Å²) in [6.07, 6.45) is 6.46. The van der Waals surface area contributed by atoms with Gasteiger partial charge in [0.2, 0.25) is 11.8 Å². The third-order valence-electron chi connectivity index (χ3n) is 4.77. The molecular formula is C22H22ClF3N4O2. The van der Waals surface area contributed by atoms with Crippen LogP contribution in [0.15, 0.2) is 55.0 Å². The van der Waals surface area contributed by atoms with E-state index in [1.807, 2.05) is 41.5 Å². The molecule has 32 heavy (non-hydrogen) atoms. The predicted octanol–water partition coefficient (Wildman–Crippen LogP) is 4.87. The Hall–Kier alpha value is -3.07. The number of halogens is 4. The fraction of sp³-hybridized carbons (Fsp3) is 0.318. The Morgan fingerprint density at radius 1 is 1.31 bits per heavy atom. The number of hydrogen-bond acceptors (Lipinski definition) is 5. The fourth-order valence-electron chi connectivity index (χ4n) is 3.10. The van der Waals surface area contributed by atoms with Gasteiger partial charge < -0.3 is 15.0 Å². The SMILES string of the molecule is CCC(=O)Nc1ncccc1CC1C=CC=CN1CCOc1ncc(C(F)(F)F)cc1Cl. The lowest BCUT2D eigenvalue weighted by atomic mass is 10.0. The normalized spacial score (nSPS) is 15.7. The smallest absolute Gasteiger partial charge is 0.417 e. The number of alkyl halides is 3. The molecule has 1 atom stereocenters. The molecular weight excluding hydrogens is 445 g/mol. The van der Waals surface area contributed by atoms with Gasteiger partial charge in [-0.3, -0.25) is 4.79 Å². The van der Waals surface area contributed by atoms with Gasteiger partial charge in [0.25, 0.3) is 0 Å². The number of aromatic nitrogens is 2. The van der Waals surface area contributed by atoms with Crippen LogP contribution in [0.1, 0.15) is 24.5 Å². The highest BCUT2D eigenvalue weighted by Crippen LogP contribution is 2.33. The average Bonchev–Trinajstić information content (AvgIpc) is 2.76. The molecule has 1 unspecified atom stereocenters. The second-order valence-electron chi connectivity index (χ2n) is 7.01. The molecule has 170 valence electrons. The van der Waals surface area contributed by atoms with Crippen LogP contribution in [-0.2, 0) is 17.4 Å². The Balaban J connectivity index is 1.62. The molecule has 0 bridgehead atoms. The summed E-state index contributed by atoms with van der Waals surface area (Å²) in [5.74, 6) is 0.360. The summed E-state index contributed by atoms with van der Waals surface area (Å²) in [5.41, 5.74) is -0.0425. The molecule has 6 nitrogen and oxygen atoms in total. The van der Waals surface area contributed by atoms with Gasteiger partial charge in [0.15, 0.2) is 0 Å². The van der Waals surface area contributed by atoms with Gasteiger partial charge >= 0.3 is 6.18 Å². The van der Waals surface area contributed by atoms with Crippen LogP contribution in [0.4, 0.5) is 19.0 Å². The van der Waals surface area contributed by atoms with Gasteiger partial charge in [0.05, 0.1) is 18.2 Å². The first-order valence-corrected chi connectivity index (χ1v) is 10.4. The zero-order valence-electron chi connectivity index (χ0n) is 17.3. The number of carbonyl (C=O) groups excluding carboxylic acids is 1. The molecule has 3 rings (SSSR count). The number of carbonyl (C=O) groups is 1. The number of hydrogen-bond donors (Lipinski definition) is 1. The summed E-state index contributed by atoms with van der Waals surface area (Å²) in [5, 5.41) is 2.62. The van der Waals surface area contributed by atoms with Gasteiger partial charge in [0.1, 0.15) is 17.4 Å². The van der Waals surface area contributed by atoms with Crippen molar-refractivity contribution in [3.8, 4) is 5.88 Å². The highest BCUT2D eigenvalue weighted by Gasteiger charge is 2.31. The van der Waals surface area contributed by atoms with Crippen LogP contribution in [-0.4, -0.2) is 40.0 Å². The van der Waals surface area contributed by atoms with Crippen LogP contribution in [0.3, 0.4) is 0 Å². The van der Waals surface area contributed by atoms with Crippen molar-refractivity contribution in [2.24, 2.45) is 0 Å². The van der Waals surface area contributed by atoms with E-state index in [0.29, 0.717) is 31.4 Å². The third kappa shape index (κ3) is 6.23. The number of amides is 1. The van der Waals surface area contributed by atoms with Crippen LogP contribution in [0.5, 0.6) is 5.88 Å². The molecule has 10 heteroatoms. The van der Waals surface area contributed by atoms with Gasteiger partial charge in [-0.15, -0.1) is 0 Å². The van der Waals surface area contributed by atoms with E-state index in [9.17, 15) is 18.0 Å². The lowest BCUT2D eigenvalue weighted by Gasteiger charge is -2.30. The Morgan fingerprint density at radius 2 is 2.12 bits per heavy atom. The van der Waals surface area contributed by atoms with Crippen molar-refractivity contribution in [2.45, 2.75) is 32.0 Å². The minimum atomic E-state index is -4.52. The van der Waals surface area contributed by atoms with Crippen molar-refractivity contribution in [1.29, 1.82) is 0 Å². The van der Waals surface area contributed by atoms with Crippen LogP contribution >= 0.6 is 11.6 Å². The number of nitrogens with one attached hydrogen (secondary N) is 1. The third-order valence-corrected chi connectivity index (χ3v) is 5.04. The average molecular weight is 467 g/mol. The Labute approximate surface area is 188 Å². The van der Waals surface area contributed by atoms with Crippen molar-refractivity contribution in [1.82, 2.24) is 14.9 Å². The van der Waals surface area contributed by atoms with Gasteiger partial charge in [-0.1, -0.05) is 36.7 Å². The molecule has 3 heterocycles. The molecule has 0 radical (unpaired) electrons. The van der Waals surface area contributed by atoms with Gasteiger partial charge in [0, 0.05) is 18.8 Å². The number of ether oxygens (including phenoxy) is 1. The van der Waals surface area contributed by atoms with E-state index >= 15 is 0 Å². The highest BCUT2D eigenvalue weighted by atomic mass is 35.5. The standard InChI is InChI=1S/C22H22ClF3N4O2/c1-2-19(31)29-20-15(6-5-8-27-20)12-17-7-3-4-9-30(17)10-11-32-21-18(23)13-16(14-28-21)22(24,25)26/h3-9,13-14,17H,2,10-12H2,1H3,(H,27,29,31). The number of allylic oxidation sites excluding steroid dienone is 2. The minimum absolute atomic E-state index is 0.0267. The zero-order chi connectivity index (χ0) is 23.1. The molecule has 0 saturated heterocycles. The molecule has 1 aliphatic rings. The first-order chi connectivity index (χ1) is 15.3. The number of rotatable bonds is 8. The molecule has 0 aromatic carbocycles. The first-order valence-electron chi connectivity index (χ1n) is 9.98. The largest absolute Gasteiger partial charge is 0.475 e. The molecule has 2 aromatic rings. The summed E-state index contributed by atoms with van der Waals surface area (Å²) >= 11 is 5.90. The van der Waals surface area contributed by atoms with Crippen molar-refractivity contribution < 1.29 is 22.7 Å². The minimum Gasteiger partial charge on any atom is -0.475 e. The molecule has 0 fully saturated rings. The fourth-order valence-corrected chi connectivity index (χ4v) is 3.32. The zero-order valence-corrected chi connectivity index (χ0v) is 18.0. The topological polar surface area (TPSA) is 67.4 Å². The van der Waals surface area contributed by atoms with Crippen molar-refractivity contribution in [2.75, 3.05) is 18.5 Å². The van der Waals surface area contributed by atoms with Crippen molar-refractivity contribution >= 4 is 23.3 Å². The molecule has 1 amide bonds.